The van der Waals surface area contributed by atoms with Crippen LogP contribution < -0.4 is 19.6 Å². The van der Waals surface area contributed by atoms with Gasteiger partial charge < -0.3 is 14.2 Å². The Morgan fingerprint density at radius 1 is 1.12 bits per heavy atom. The van der Waals surface area contributed by atoms with Crippen molar-refractivity contribution in [2.24, 2.45) is 5.10 Å². The number of hydrazone groups is 1. The molecule has 0 saturated heterocycles. The van der Waals surface area contributed by atoms with Crippen LogP contribution in [0.4, 0.5) is 0 Å². The van der Waals surface area contributed by atoms with E-state index in [-0.39, 0.29) is 12.5 Å². The van der Waals surface area contributed by atoms with Crippen LogP contribution in [0.15, 0.2) is 52.0 Å². The van der Waals surface area contributed by atoms with Gasteiger partial charge >= 0.3 is 0 Å². The van der Waals surface area contributed by atoms with E-state index in [0.717, 1.165) is 10.0 Å². The maximum atomic E-state index is 11.7. The zero-order valence-electron chi connectivity index (χ0n) is 13.3. The predicted octanol–water partition coefficient (Wildman–Crippen LogP) is 3.00. The third kappa shape index (κ3) is 5.27. The lowest BCUT2D eigenvalue weighted by atomic mass is 10.2. The summed E-state index contributed by atoms with van der Waals surface area (Å²) in [4.78, 5) is 11.7. The topological polar surface area (TPSA) is 69.2 Å². The van der Waals surface area contributed by atoms with Gasteiger partial charge in [-0.15, -0.1) is 0 Å². The van der Waals surface area contributed by atoms with E-state index < -0.39 is 0 Å². The number of carbonyl (C=O) groups is 1. The highest BCUT2D eigenvalue weighted by Gasteiger charge is 2.04. The minimum Gasteiger partial charge on any atom is -0.493 e. The average Bonchev–Trinajstić information content (AvgIpc) is 2.61. The van der Waals surface area contributed by atoms with Crippen molar-refractivity contribution in [3.8, 4) is 17.2 Å². The molecule has 0 aliphatic heterocycles. The number of nitrogens with zero attached hydrogens (tertiary/aromatic N) is 1. The van der Waals surface area contributed by atoms with Gasteiger partial charge in [0.05, 0.1) is 20.4 Å². The van der Waals surface area contributed by atoms with E-state index in [4.69, 9.17) is 14.2 Å². The molecule has 0 spiro atoms. The minimum absolute atomic E-state index is 0.120. The van der Waals surface area contributed by atoms with Crippen molar-refractivity contribution in [1.82, 2.24) is 5.43 Å². The number of methoxy groups -OCH3 is 2. The minimum atomic E-state index is -0.352. The molecule has 6 nitrogen and oxygen atoms in total. The van der Waals surface area contributed by atoms with Crippen LogP contribution >= 0.6 is 15.9 Å². The molecule has 0 fully saturated rings. The van der Waals surface area contributed by atoms with Gasteiger partial charge in [0.15, 0.2) is 18.1 Å². The van der Waals surface area contributed by atoms with Crippen LogP contribution in [0.5, 0.6) is 17.2 Å². The first-order chi connectivity index (χ1) is 11.6. The molecular formula is C17H17BrN2O4. The van der Waals surface area contributed by atoms with Crippen molar-refractivity contribution in [2.75, 3.05) is 20.8 Å². The van der Waals surface area contributed by atoms with E-state index >= 15 is 0 Å². The number of halogens is 1. The largest absolute Gasteiger partial charge is 0.493 e. The first kappa shape index (κ1) is 17.8. The van der Waals surface area contributed by atoms with Crippen molar-refractivity contribution in [3.63, 3.8) is 0 Å². The highest BCUT2D eigenvalue weighted by atomic mass is 79.9. The normalized spacial score (nSPS) is 10.5. The Morgan fingerprint density at radius 3 is 2.50 bits per heavy atom. The highest BCUT2D eigenvalue weighted by molar-refractivity contribution is 9.10. The summed E-state index contributed by atoms with van der Waals surface area (Å²) in [6.07, 6.45) is 1.51. The molecule has 0 unspecified atom stereocenters. The molecular weight excluding hydrogens is 376 g/mol. The summed E-state index contributed by atoms with van der Waals surface area (Å²) in [6, 6.07) is 12.5. The Labute approximate surface area is 148 Å². The molecule has 7 heteroatoms. The summed E-state index contributed by atoms with van der Waals surface area (Å²) in [5.41, 5.74) is 3.17. The third-order valence-corrected chi connectivity index (χ3v) is 3.52. The fourth-order valence-electron chi connectivity index (χ4n) is 1.82. The molecule has 0 radical (unpaired) electrons. The van der Waals surface area contributed by atoms with Gasteiger partial charge in [-0.2, -0.15) is 5.10 Å². The van der Waals surface area contributed by atoms with E-state index in [1.54, 1.807) is 44.6 Å². The molecule has 0 bridgehead atoms. The van der Waals surface area contributed by atoms with Crippen molar-refractivity contribution < 1.29 is 19.0 Å². The predicted molar refractivity (Wildman–Crippen MR) is 94.9 cm³/mol. The van der Waals surface area contributed by atoms with Gasteiger partial charge in [-0.25, -0.2) is 5.43 Å². The number of hydrogen-bond acceptors (Lipinski definition) is 5. The van der Waals surface area contributed by atoms with Crippen LogP contribution in [0.2, 0.25) is 0 Å². The summed E-state index contributed by atoms with van der Waals surface area (Å²) in [6.45, 7) is -0.120. The fraction of sp³-hybridized carbons (Fsp3) is 0.176. The first-order valence-electron chi connectivity index (χ1n) is 7.04. The zero-order chi connectivity index (χ0) is 17.4. The number of ether oxygens (including phenoxy) is 3. The van der Waals surface area contributed by atoms with Crippen LogP contribution in [0, 0.1) is 0 Å². The monoisotopic (exact) mass is 392 g/mol. The van der Waals surface area contributed by atoms with Crippen LogP contribution in [-0.4, -0.2) is 32.9 Å². The zero-order valence-corrected chi connectivity index (χ0v) is 14.9. The number of nitrogens with one attached hydrogen (secondary N) is 1. The number of hydrogen-bond donors (Lipinski definition) is 1. The second-order valence-corrected chi connectivity index (χ2v) is 5.57. The molecule has 126 valence electrons. The molecule has 2 rings (SSSR count). The lowest BCUT2D eigenvalue weighted by Gasteiger charge is -2.07. The van der Waals surface area contributed by atoms with Gasteiger partial charge in [-0.3, -0.25) is 4.79 Å². The molecule has 0 aliphatic carbocycles. The number of benzene rings is 2. The van der Waals surface area contributed by atoms with E-state index in [1.165, 1.54) is 6.21 Å². The molecule has 24 heavy (non-hydrogen) atoms. The summed E-state index contributed by atoms with van der Waals surface area (Å²) in [5, 5.41) is 3.89. The second-order valence-electron chi connectivity index (χ2n) is 4.65. The Hall–Kier alpha value is -2.54. The smallest absolute Gasteiger partial charge is 0.277 e. The van der Waals surface area contributed by atoms with Gasteiger partial charge in [-0.1, -0.05) is 15.9 Å². The lowest BCUT2D eigenvalue weighted by Crippen LogP contribution is -2.24. The molecule has 1 N–H and O–H groups in total. The Balaban J connectivity index is 1.84. The highest BCUT2D eigenvalue weighted by Crippen LogP contribution is 2.26. The van der Waals surface area contributed by atoms with Gasteiger partial charge in [0.1, 0.15) is 5.75 Å². The van der Waals surface area contributed by atoms with Crippen LogP contribution in [-0.2, 0) is 4.79 Å². The molecule has 0 heterocycles. The number of rotatable bonds is 7. The molecule has 0 aromatic heterocycles. The molecule has 2 aromatic carbocycles. The summed E-state index contributed by atoms with van der Waals surface area (Å²) in [7, 11) is 3.12. The van der Waals surface area contributed by atoms with Crippen LogP contribution in [0.1, 0.15) is 5.56 Å². The standard InChI is InChI=1S/C17H17BrN2O4/c1-22-15-8-3-12(9-16(15)23-2)10-19-20-17(21)11-24-14-6-4-13(18)5-7-14/h3-10H,11H2,1-2H3,(H,20,21)/b19-10+. The van der Waals surface area contributed by atoms with Crippen molar-refractivity contribution >= 4 is 28.1 Å². The number of carbonyl (C=O) groups excluding carboxylic acids is 1. The van der Waals surface area contributed by atoms with Gasteiger partial charge in [-0.05, 0) is 48.0 Å². The van der Waals surface area contributed by atoms with E-state index in [0.29, 0.717) is 17.2 Å². The molecule has 0 aliphatic rings. The van der Waals surface area contributed by atoms with Gasteiger partial charge in [0.2, 0.25) is 0 Å². The van der Waals surface area contributed by atoms with Gasteiger partial charge in [0.25, 0.3) is 5.91 Å². The molecule has 2 aromatic rings. The number of amides is 1. The van der Waals surface area contributed by atoms with Crippen molar-refractivity contribution in [3.05, 3.63) is 52.5 Å². The summed E-state index contributed by atoms with van der Waals surface area (Å²) in [5.74, 6) is 1.47. The Kier molecular flexibility index (Phi) is 6.62. The van der Waals surface area contributed by atoms with Crippen LogP contribution in [0.3, 0.4) is 0 Å². The van der Waals surface area contributed by atoms with Crippen molar-refractivity contribution in [1.29, 1.82) is 0 Å². The maximum Gasteiger partial charge on any atom is 0.277 e. The van der Waals surface area contributed by atoms with Gasteiger partial charge in [0, 0.05) is 4.47 Å². The third-order valence-electron chi connectivity index (χ3n) is 2.99. The van der Waals surface area contributed by atoms with Crippen molar-refractivity contribution in [2.45, 2.75) is 0 Å². The van der Waals surface area contributed by atoms with E-state index in [2.05, 4.69) is 26.5 Å². The summed E-state index contributed by atoms with van der Waals surface area (Å²) >= 11 is 3.33. The fourth-order valence-corrected chi connectivity index (χ4v) is 2.09. The molecule has 0 saturated carbocycles. The molecule has 0 atom stereocenters. The Morgan fingerprint density at radius 2 is 1.83 bits per heavy atom. The average molecular weight is 393 g/mol. The first-order valence-corrected chi connectivity index (χ1v) is 7.84. The Bertz CT molecular complexity index is 717. The summed E-state index contributed by atoms with van der Waals surface area (Å²) < 4.78 is 16.7. The van der Waals surface area contributed by atoms with E-state index in [9.17, 15) is 4.79 Å². The quantitative estimate of drug-likeness (QED) is 0.580. The van der Waals surface area contributed by atoms with Crippen LogP contribution in [0.25, 0.3) is 0 Å². The SMILES string of the molecule is COc1ccc(/C=N/NC(=O)COc2ccc(Br)cc2)cc1OC. The molecule has 1 amide bonds. The second kappa shape index (κ2) is 8.93. The lowest BCUT2D eigenvalue weighted by molar-refractivity contribution is -0.123. The van der Waals surface area contributed by atoms with E-state index in [1.807, 2.05) is 12.1 Å². The maximum absolute atomic E-state index is 11.7.